The van der Waals surface area contributed by atoms with Crippen LogP contribution in [-0.4, -0.2) is 16.5 Å². The number of aromatic amines is 1. The molecule has 90 valence electrons. The normalized spacial score (nSPS) is 10.4. The van der Waals surface area contributed by atoms with E-state index in [-0.39, 0.29) is 5.56 Å². The van der Waals surface area contributed by atoms with E-state index in [1.165, 1.54) is 0 Å². The monoisotopic (exact) mass is 223 g/mol. The molecule has 0 radical (unpaired) electrons. The van der Waals surface area contributed by atoms with Gasteiger partial charge in [0.15, 0.2) is 0 Å². The summed E-state index contributed by atoms with van der Waals surface area (Å²) in [6.07, 6.45) is 3.96. The lowest BCUT2D eigenvalue weighted by Gasteiger charge is -2.07. The van der Waals surface area contributed by atoms with Gasteiger partial charge in [-0.05, 0) is 26.2 Å². The molecule has 0 aliphatic heterocycles. The van der Waals surface area contributed by atoms with Crippen LogP contribution in [0.15, 0.2) is 4.79 Å². The number of aromatic nitrogens is 2. The van der Waals surface area contributed by atoms with Gasteiger partial charge in [-0.3, -0.25) is 9.78 Å². The summed E-state index contributed by atoms with van der Waals surface area (Å²) in [6.45, 7) is 6.93. The van der Waals surface area contributed by atoms with Gasteiger partial charge in [0.25, 0.3) is 5.56 Å². The Balaban J connectivity index is 2.85. The van der Waals surface area contributed by atoms with E-state index in [9.17, 15) is 4.79 Å². The molecular weight excluding hydrogens is 202 g/mol. The minimum absolute atomic E-state index is 0.000414. The Kier molecular flexibility index (Phi) is 5.02. The van der Waals surface area contributed by atoms with Crippen LogP contribution in [0.5, 0.6) is 0 Å². The first-order chi connectivity index (χ1) is 7.69. The molecule has 1 aromatic heterocycles. The van der Waals surface area contributed by atoms with E-state index >= 15 is 0 Å². The highest BCUT2D eigenvalue weighted by molar-refractivity contribution is 5.29. The van der Waals surface area contributed by atoms with E-state index in [2.05, 4.69) is 29.1 Å². The quantitative estimate of drug-likeness (QED) is 0.777. The molecule has 1 heterocycles. The third-order valence-electron chi connectivity index (χ3n) is 2.55. The van der Waals surface area contributed by atoms with Gasteiger partial charge in [-0.1, -0.05) is 20.3 Å². The van der Waals surface area contributed by atoms with Crippen molar-refractivity contribution in [1.82, 2.24) is 9.97 Å². The minimum atomic E-state index is -0.000414. The zero-order valence-corrected chi connectivity index (χ0v) is 10.4. The maximum atomic E-state index is 11.8. The van der Waals surface area contributed by atoms with Crippen molar-refractivity contribution in [3.8, 4) is 0 Å². The Morgan fingerprint density at radius 1 is 1.31 bits per heavy atom. The highest BCUT2D eigenvalue weighted by Gasteiger charge is 2.06. The van der Waals surface area contributed by atoms with Crippen LogP contribution in [-0.2, 0) is 6.42 Å². The molecule has 0 amide bonds. The average molecular weight is 223 g/mol. The number of nitrogens with zero attached hydrogens (tertiary/aromatic N) is 1. The van der Waals surface area contributed by atoms with Crippen LogP contribution < -0.4 is 10.9 Å². The standard InChI is InChI=1S/C12H21N3O/c1-4-6-7-10-9(3)14-12(13-8-5-2)15-11(10)16/h4-8H2,1-3H3,(H2,13,14,15,16). The van der Waals surface area contributed by atoms with Crippen molar-refractivity contribution < 1.29 is 0 Å². The predicted molar refractivity (Wildman–Crippen MR) is 67.0 cm³/mol. The average Bonchev–Trinajstić information content (AvgIpc) is 2.25. The number of hydrogen-bond acceptors (Lipinski definition) is 3. The van der Waals surface area contributed by atoms with Crippen LogP contribution in [0.2, 0.25) is 0 Å². The molecular formula is C12H21N3O. The first-order valence-corrected chi connectivity index (χ1v) is 6.02. The summed E-state index contributed by atoms with van der Waals surface area (Å²) in [5, 5.41) is 3.09. The van der Waals surface area contributed by atoms with Crippen LogP contribution in [0.3, 0.4) is 0 Å². The van der Waals surface area contributed by atoms with Crippen LogP contribution >= 0.6 is 0 Å². The van der Waals surface area contributed by atoms with E-state index in [1.807, 2.05) is 6.92 Å². The smallest absolute Gasteiger partial charge is 0.255 e. The second kappa shape index (κ2) is 6.30. The Bertz CT molecular complexity index is 384. The summed E-state index contributed by atoms with van der Waals surface area (Å²) in [6, 6.07) is 0. The first-order valence-electron chi connectivity index (χ1n) is 6.02. The molecule has 0 bridgehead atoms. The molecule has 1 aromatic rings. The van der Waals surface area contributed by atoms with E-state index < -0.39 is 0 Å². The van der Waals surface area contributed by atoms with Gasteiger partial charge < -0.3 is 5.32 Å². The number of nitrogens with one attached hydrogen (secondary N) is 2. The largest absolute Gasteiger partial charge is 0.356 e. The van der Waals surface area contributed by atoms with Gasteiger partial charge >= 0.3 is 0 Å². The molecule has 1 rings (SSSR count). The number of rotatable bonds is 6. The second-order valence-electron chi connectivity index (χ2n) is 4.01. The molecule has 0 aliphatic rings. The van der Waals surface area contributed by atoms with Crippen molar-refractivity contribution in [3.05, 3.63) is 21.6 Å². The fourth-order valence-corrected chi connectivity index (χ4v) is 1.59. The topological polar surface area (TPSA) is 57.8 Å². The predicted octanol–water partition coefficient (Wildman–Crippen LogP) is 2.24. The Morgan fingerprint density at radius 2 is 2.06 bits per heavy atom. The van der Waals surface area contributed by atoms with Crippen LogP contribution in [0.1, 0.15) is 44.4 Å². The van der Waals surface area contributed by atoms with Crippen molar-refractivity contribution in [2.45, 2.75) is 46.5 Å². The summed E-state index contributed by atoms with van der Waals surface area (Å²) in [4.78, 5) is 18.9. The number of anilines is 1. The molecule has 0 saturated heterocycles. The summed E-state index contributed by atoms with van der Waals surface area (Å²) in [5.41, 5.74) is 1.67. The van der Waals surface area contributed by atoms with E-state index in [1.54, 1.807) is 0 Å². The van der Waals surface area contributed by atoms with Crippen molar-refractivity contribution in [2.75, 3.05) is 11.9 Å². The van der Waals surface area contributed by atoms with Crippen LogP contribution in [0.25, 0.3) is 0 Å². The number of H-pyrrole nitrogens is 1. The van der Waals surface area contributed by atoms with E-state index in [0.717, 1.165) is 43.5 Å². The summed E-state index contributed by atoms with van der Waals surface area (Å²) < 4.78 is 0. The minimum Gasteiger partial charge on any atom is -0.356 e. The van der Waals surface area contributed by atoms with Gasteiger partial charge in [0.2, 0.25) is 5.95 Å². The third kappa shape index (κ3) is 3.36. The van der Waals surface area contributed by atoms with Gasteiger partial charge in [0, 0.05) is 17.8 Å². The lowest BCUT2D eigenvalue weighted by atomic mass is 10.1. The lowest BCUT2D eigenvalue weighted by Crippen LogP contribution is -2.19. The van der Waals surface area contributed by atoms with E-state index in [0.29, 0.717) is 5.95 Å². The van der Waals surface area contributed by atoms with Gasteiger partial charge in [0.1, 0.15) is 0 Å². The third-order valence-corrected chi connectivity index (χ3v) is 2.55. The molecule has 0 fully saturated rings. The molecule has 0 saturated carbocycles. The van der Waals surface area contributed by atoms with Crippen molar-refractivity contribution in [1.29, 1.82) is 0 Å². The van der Waals surface area contributed by atoms with Crippen LogP contribution in [0, 0.1) is 6.92 Å². The Hall–Kier alpha value is -1.32. The molecule has 0 aliphatic carbocycles. The van der Waals surface area contributed by atoms with Gasteiger partial charge in [-0.2, -0.15) is 0 Å². The molecule has 0 spiro atoms. The summed E-state index contributed by atoms with van der Waals surface area (Å²) >= 11 is 0. The summed E-state index contributed by atoms with van der Waals surface area (Å²) in [5.74, 6) is 0.588. The highest BCUT2D eigenvalue weighted by Crippen LogP contribution is 2.06. The van der Waals surface area contributed by atoms with Gasteiger partial charge in [-0.25, -0.2) is 4.98 Å². The number of hydrogen-bond donors (Lipinski definition) is 2. The SMILES string of the molecule is CCCCc1c(C)nc(NCCC)[nH]c1=O. The van der Waals surface area contributed by atoms with Crippen molar-refractivity contribution in [2.24, 2.45) is 0 Å². The highest BCUT2D eigenvalue weighted by atomic mass is 16.1. The molecule has 0 atom stereocenters. The molecule has 0 aromatic carbocycles. The maximum absolute atomic E-state index is 11.8. The molecule has 0 unspecified atom stereocenters. The van der Waals surface area contributed by atoms with Gasteiger partial charge in [0.05, 0.1) is 0 Å². The Morgan fingerprint density at radius 3 is 2.62 bits per heavy atom. The molecule has 4 heteroatoms. The lowest BCUT2D eigenvalue weighted by molar-refractivity contribution is 0.773. The van der Waals surface area contributed by atoms with Crippen LogP contribution in [0.4, 0.5) is 5.95 Å². The maximum Gasteiger partial charge on any atom is 0.255 e. The van der Waals surface area contributed by atoms with E-state index in [4.69, 9.17) is 0 Å². The van der Waals surface area contributed by atoms with Crippen molar-refractivity contribution >= 4 is 5.95 Å². The molecule has 2 N–H and O–H groups in total. The zero-order valence-electron chi connectivity index (χ0n) is 10.4. The Labute approximate surface area is 96.5 Å². The summed E-state index contributed by atoms with van der Waals surface area (Å²) in [7, 11) is 0. The van der Waals surface area contributed by atoms with Gasteiger partial charge in [-0.15, -0.1) is 0 Å². The molecule has 16 heavy (non-hydrogen) atoms. The van der Waals surface area contributed by atoms with Crippen molar-refractivity contribution in [3.63, 3.8) is 0 Å². The number of unbranched alkanes of at least 4 members (excludes halogenated alkanes) is 1. The second-order valence-corrected chi connectivity index (χ2v) is 4.01. The zero-order chi connectivity index (χ0) is 12.0. The number of aryl methyl sites for hydroxylation is 1. The fourth-order valence-electron chi connectivity index (χ4n) is 1.59. The first kappa shape index (κ1) is 12.7. The molecule has 4 nitrogen and oxygen atoms in total. The fraction of sp³-hybridized carbons (Fsp3) is 0.667.